The lowest BCUT2D eigenvalue weighted by atomic mass is 10.0. The van der Waals surface area contributed by atoms with Gasteiger partial charge in [0.25, 0.3) is 5.56 Å². The number of benzene rings is 2. The Labute approximate surface area is 116 Å². The number of nitrogens with two attached hydrogens (primary N) is 1. The summed E-state index contributed by atoms with van der Waals surface area (Å²) in [6.07, 6.45) is 0. The van der Waals surface area contributed by atoms with E-state index in [0.717, 1.165) is 16.7 Å². The SMILES string of the molecule is Cc1nc2cc(-c3ccc(CN)cc3)ccc2c(=O)[nH]1. The molecule has 4 nitrogen and oxygen atoms in total. The van der Waals surface area contributed by atoms with Crippen LogP contribution in [-0.4, -0.2) is 9.97 Å². The Morgan fingerprint density at radius 2 is 1.80 bits per heavy atom. The van der Waals surface area contributed by atoms with Gasteiger partial charge in [0.2, 0.25) is 0 Å². The molecule has 0 radical (unpaired) electrons. The van der Waals surface area contributed by atoms with Gasteiger partial charge in [0.05, 0.1) is 10.9 Å². The molecule has 2 aromatic carbocycles. The highest BCUT2D eigenvalue weighted by Gasteiger charge is 2.04. The summed E-state index contributed by atoms with van der Waals surface area (Å²) < 4.78 is 0. The van der Waals surface area contributed by atoms with Crippen LogP contribution < -0.4 is 11.3 Å². The number of nitrogens with one attached hydrogen (secondary N) is 1. The Balaban J connectivity index is 2.14. The molecular weight excluding hydrogens is 250 g/mol. The maximum absolute atomic E-state index is 11.8. The van der Waals surface area contributed by atoms with Gasteiger partial charge in [0, 0.05) is 6.54 Å². The smallest absolute Gasteiger partial charge is 0.258 e. The summed E-state index contributed by atoms with van der Waals surface area (Å²) in [6.45, 7) is 2.32. The first-order valence-electron chi connectivity index (χ1n) is 6.47. The quantitative estimate of drug-likeness (QED) is 0.747. The third kappa shape index (κ3) is 2.21. The normalized spacial score (nSPS) is 10.9. The molecule has 100 valence electrons. The molecule has 0 amide bonds. The maximum Gasteiger partial charge on any atom is 0.258 e. The highest BCUT2D eigenvalue weighted by atomic mass is 16.1. The molecule has 0 bridgehead atoms. The van der Waals surface area contributed by atoms with Crippen LogP contribution in [0.3, 0.4) is 0 Å². The summed E-state index contributed by atoms with van der Waals surface area (Å²) in [6, 6.07) is 13.8. The number of hydrogen-bond donors (Lipinski definition) is 2. The number of H-pyrrole nitrogens is 1. The van der Waals surface area contributed by atoms with Crippen LogP contribution in [0, 0.1) is 6.92 Å². The lowest BCUT2D eigenvalue weighted by Gasteiger charge is -2.05. The van der Waals surface area contributed by atoms with Gasteiger partial charge < -0.3 is 10.7 Å². The minimum Gasteiger partial charge on any atom is -0.326 e. The fourth-order valence-corrected chi connectivity index (χ4v) is 2.27. The number of rotatable bonds is 2. The lowest BCUT2D eigenvalue weighted by molar-refractivity contribution is 1.06. The van der Waals surface area contributed by atoms with E-state index >= 15 is 0 Å². The zero-order chi connectivity index (χ0) is 14.1. The number of nitrogens with zero attached hydrogens (tertiary/aromatic N) is 1. The van der Waals surface area contributed by atoms with Gasteiger partial charge in [0.1, 0.15) is 5.82 Å². The maximum atomic E-state index is 11.8. The van der Waals surface area contributed by atoms with E-state index in [2.05, 4.69) is 9.97 Å². The Bertz CT molecular complexity index is 819. The highest BCUT2D eigenvalue weighted by molar-refractivity contribution is 5.83. The molecule has 0 aliphatic heterocycles. The van der Waals surface area contributed by atoms with Crippen LogP contribution in [-0.2, 0) is 6.54 Å². The molecule has 1 aromatic heterocycles. The molecule has 3 N–H and O–H groups in total. The highest BCUT2D eigenvalue weighted by Crippen LogP contribution is 2.22. The number of hydrogen-bond acceptors (Lipinski definition) is 3. The van der Waals surface area contributed by atoms with Crippen molar-refractivity contribution in [3.05, 3.63) is 64.2 Å². The summed E-state index contributed by atoms with van der Waals surface area (Å²) in [5, 5.41) is 0.609. The van der Waals surface area contributed by atoms with Crippen molar-refractivity contribution >= 4 is 10.9 Å². The number of aromatic amines is 1. The van der Waals surface area contributed by atoms with Gasteiger partial charge in [-0.1, -0.05) is 30.3 Å². The molecule has 4 heteroatoms. The fourth-order valence-electron chi connectivity index (χ4n) is 2.27. The average molecular weight is 265 g/mol. The van der Waals surface area contributed by atoms with Crippen molar-refractivity contribution in [2.24, 2.45) is 5.73 Å². The van der Waals surface area contributed by atoms with Crippen molar-refractivity contribution < 1.29 is 0 Å². The third-order valence-corrected chi connectivity index (χ3v) is 3.35. The molecule has 1 heterocycles. The van der Waals surface area contributed by atoms with Crippen LogP contribution in [0.25, 0.3) is 22.0 Å². The van der Waals surface area contributed by atoms with Crippen LogP contribution in [0.15, 0.2) is 47.3 Å². The van der Waals surface area contributed by atoms with Crippen molar-refractivity contribution in [1.82, 2.24) is 9.97 Å². The largest absolute Gasteiger partial charge is 0.326 e. The van der Waals surface area contributed by atoms with E-state index in [4.69, 9.17) is 5.73 Å². The van der Waals surface area contributed by atoms with E-state index in [1.807, 2.05) is 42.5 Å². The molecule has 0 aliphatic carbocycles. The van der Waals surface area contributed by atoms with Crippen molar-refractivity contribution in [2.45, 2.75) is 13.5 Å². The second-order valence-corrected chi connectivity index (χ2v) is 4.78. The predicted molar refractivity (Wildman–Crippen MR) is 80.4 cm³/mol. The topological polar surface area (TPSA) is 71.8 Å². The second-order valence-electron chi connectivity index (χ2n) is 4.78. The first-order valence-corrected chi connectivity index (χ1v) is 6.47. The third-order valence-electron chi connectivity index (χ3n) is 3.35. The molecule has 3 aromatic rings. The molecule has 0 unspecified atom stereocenters. The summed E-state index contributed by atoms with van der Waals surface area (Å²) in [4.78, 5) is 18.9. The lowest BCUT2D eigenvalue weighted by Crippen LogP contribution is -2.09. The van der Waals surface area contributed by atoms with Crippen LogP contribution >= 0.6 is 0 Å². The Kier molecular flexibility index (Phi) is 3.08. The molecule has 0 saturated carbocycles. The predicted octanol–water partition coefficient (Wildman–Crippen LogP) is 2.36. The van der Waals surface area contributed by atoms with E-state index in [1.165, 1.54) is 0 Å². The van der Waals surface area contributed by atoms with Gasteiger partial charge in [-0.15, -0.1) is 0 Å². The Hall–Kier alpha value is -2.46. The van der Waals surface area contributed by atoms with Crippen molar-refractivity contribution in [3.8, 4) is 11.1 Å². The standard InChI is InChI=1S/C16H15N3O/c1-10-18-15-8-13(6-7-14(15)16(20)19-10)12-4-2-11(9-17)3-5-12/h2-8H,9,17H2,1H3,(H,18,19,20). The monoisotopic (exact) mass is 265 g/mol. The molecule has 0 spiro atoms. The van der Waals surface area contributed by atoms with E-state index in [-0.39, 0.29) is 5.56 Å². The molecule has 0 fully saturated rings. The zero-order valence-corrected chi connectivity index (χ0v) is 11.2. The van der Waals surface area contributed by atoms with Crippen LogP contribution in [0.4, 0.5) is 0 Å². The van der Waals surface area contributed by atoms with Crippen LogP contribution in [0.5, 0.6) is 0 Å². The van der Waals surface area contributed by atoms with Crippen molar-refractivity contribution in [1.29, 1.82) is 0 Å². The summed E-state index contributed by atoms with van der Waals surface area (Å²) in [5.74, 6) is 0.623. The van der Waals surface area contributed by atoms with Crippen LogP contribution in [0.2, 0.25) is 0 Å². The first-order chi connectivity index (χ1) is 9.67. The molecule has 0 saturated heterocycles. The van der Waals surface area contributed by atoms with Crippen molar-refractivity contribution in [2.75, 3.05) is 0 Å². The summed E-state index contributed by atoms with van der Waals surface area (Å²) in [7, 11) is 0. The molecule has 0 atom stereocenters. The van der Waals surface area contributed by atoms with E-state index in [1.54, 1.807) is 6.92 Å². The van der Waals surface area contributed by atoms with Gasteiger partial charge in [0.15, 0.2) is 0 Å². The molecule has 3 rings (SSSR count). The Morgan fingerprint density at radius 3 is 2.50 bits per heavy atom. The van der Waals surface area contributed by atoms with Gasteiger partial charge in [-0.25, -0.2) is 4.98 Å². The zero-order valence-electron chi connectivity index (χ0n) is 11.2. The molecule has 20 heavy (non-hydrogen) atoms. The van der Waals surface area contributed by atoms with Crippen LogP contribution in [0.1, 0.15) is 11.4 Å². The van der Waals surface area contributed by atoms with Gasteiger partial charge >= 0.3 is 0 Å². The number of aryl methyl sites for hydroxylation is 1. The minimum absolute atomic E-state index is 0.0995. The summed E-state index contributed by atoms with van der Waals surface area (Å²) in [5.41, 5.74) is 9.44. The Morgan fingerprint density at radius 1 is 1.10 bits per heavy atom. The summed E-state index contributed by atoms with van der Waals surface area (Å²) >= 11 is 0. The number of fused-ring (bicyclic) bond motifs is 1. The van der Waals surface area contributed by atoms with E-state index < -0.39 is 0 Å². The minimum atomic E-state index is -0.0995. The first kappa shape index (κ1) is 12.6. The van der Waals surface area contributed by atoms with Crippen molar-refractivity contribution in [3.63, 3.8) is 0 Å². The molecular formula is C16H15N3O. The number of aromatic nitrogens is 2. The molecule has 0 aliphatic rings. The van der Waals surface area contributed by atoms with Gasteiger partial charge in [-0.3, -0.25) is 4.79 Å². The second kappa shape index (κ2) is 4.90. The van der Waals surface area contributed by atoms with E-state index in [0.29, 0.717) is 23.3 Å². The van der Waals surface area contributed by atoms with E-state index in [9.17, 15) is 4.79 Å². The average Bonchev–Trinajstić information content (AvgIpc) is 2.46. The van der Waals surface area contributed by atoms with Gasteiger partial charge in [-0.05, 0) is 35.7 Å². The van der Waals surface area contributed by atoms with Gasteiger partial charge in [-0.2, -0.15) is 0 Å². The fraction of sp³-hybridized carbons (Fsp3) is 0.125.